The highest BCUT2D eigenvalue weighted by molar-refractivity contribution is 9.10. The second-order valence-corrected chi connectivity index (χ2v) is 6.78. The average Bonchev–Trinajstić information content (AvgIpc) is 2.69. The van der Waals surface area contributed by atoms with E-state index in [1.165, 1.54) is 11.1 Å². The van der Waals surface area contributed by atoms with Crippen molar-refractivity contribution in [3.05, 3.63) is 102 Å². The van der Waals surface area contributed by atoms with Gasteiger partial charge in [0.1, 0.15) is 0 Å². The third kappa shape index (κ3) is 3.54. The molecule has 0 aliphatic rings. The largest absolute Gasteiger partial charge is 0.248 e. The minimum absolute atomic E-state index is 0.979. The van der Waals surface area contributed by atoms with E-state index in [2.05, 4.69) is 76.6 Å². The van der Waals surface area contributed by atoms with E-state index in [-0.39, 0.29) is 0 Å². The van der Waals surface area contributed by atoms with E-state index in [1.54, 1.807) is 0 Å². The molecule has 4 aromatic rings. The molecular formula is C23H16BrN. The lowest BCUT2D eigenvalue weighted by molar-refractivity contribution is 1.32. The average molecular weight is 386 g/mol. The second-order valence-electron chi connectivity index (χ2n) is 5.87. The summed E-state index contributed by atoms with van der Waals surface area (Å²) in [5.41, 5.74) is 6.57. The van der Waals surface area contributed by atoms with Crippen LogP contribution in [0.25, 0.3) is 33.6 Å². The van der Waals surface area contributed by atoms with Crippen molar-refractivity contribution in [1.82, 2.24) is 4.98 Å². The zero-order valence-corrected chi connectivity index (χ0v) is 15.1. The Bertz CT molecular complexity index is 920. The van der Waals surface area contributed by atoms with Crippen LogP contribution in [-0.2, 0) is 0 Å². The number of halogens is 1. The number of hydrogen-bond donors (Lipinski definition) is 0. The Labute approximate surface area is 156 Å². The smallest absolute Gasteiger partial charge is 0.0715 e. The van der Waals surface area contributed by atoms with E-state index in [0.717, 1.165) is 27.0 Å². The van der Waals surface area contributed by atoms with Crippen molar-refractivity contribution in [3.63, 3.8) is 0 Å². The Morgan fingerprint density at radius 3 is 1.52 bits per heavy atom. The van der Waals surface area contributed by atoms with Crippen LogP contribution in [0.4, 0.5) is 0 Å². The van der Waals surface area contributed by atoms with Gasteiger partial charge in [0, 0.05) is 15.6 Å². The molecule has 0 aliphatic carbocycles. The van der Waals surface area contributed by atoms with E-state index in [1.807, 2.05) is 36.4 Å². The van der Waals surface area contributed by atoms with Crippen molar-refractivity contribution < 1.29 is 0 Å². The Kier molecular flexibility index (Phi) is 4.45. The fourth-order valence-electron chi connectivity index (χ4n) is 2.85. The minimum Gasteiger partial charge on any atom is -0.248 e. The van der Waals surface area contributed by atoms with Crippen molar-refractivity contribution in [2.24, 2.45) is 0 Å². The molecule has 0 N–H and O–H groups in total. The summed E-state index contributed by atoms with van der Waals surface area (Å²) in [6, 6.07) is 33.4. The van der Waals surface area contributed by atoms with Crippen LogP contribution in [0, 0.1) is 0 Å². The molecular weight excluding hydrogens is 370 g/mol. The van der Waals surface area contributed by atoms with E-state index < -0.39 is 0 Å². The van der Waals surface area contributed by atoms with Crippen LogP contribution in [0.3, 0.4) is 0 Å². The summed E-state index contributed by atoms with van der Waals surface area (Å²) in [5.74, 6) is 0. The normalized spacial score (nSPS) is 10.6. The Balaban J connectivity index is 1.90. The quantitative estimate of drug-likeness (QED) is 0.375. The van der Waals surface area contributed by atoms with Crippen LogP contribution in [0.5, 0.6) is 0 Å². The van der Waals surface area contributed by atoms with E-state index in [4.69, 9.17) is 4.98 Å². The second kappa shape index (κ2) is 7.04. The first kappa shape index (κ1) is 15.8. The molecule has 0 atom stereocenters. The van der Waals surface area contributed by atoms with E-state index in [9.17, 15) is 0 Å². The van der Waals surface area contributed by atoms with Crippen LogP contribution in [0.2, 0.25) is 0 Å². The van der Waals surface area contributed by atoms with Crippen LogP contribution in [-0.4, -0.2) is 4.98 Å². The highest BCUT2D eigenvalue weighted by Gasteiger charge is 2.08. The molecule has 0 saturated heterocycles. The number of hydrogen-bond acceptors (Lipinski definition) is 1. The molecule has 1 heterocycles. The lowest BCUT2D eigenvalue weighted by Crippen LogP contribution is -1.91. The van der Waals surface area contributed by atoms with Gasteiger partial charge >= 0.3 is 0 Å². The molecule has 0 aliphatic heterocycles. The summed E-state index contributed by atoms with van der Waals surface area (Å²) in [5, 5.41) is 0. The SMILES string of the molecule is Brc1ccc(-c2cc(-c3ccccc3)cc(-c3ccccc3)n2)cc1. The number of nitrogens with zero attached hydrogens (tertiary/aromatic N) is 1. The lowest BCUT2D eigenvalue weighted by atomic mass is 10.00. The van der Waals surface area contributed by atoms with Crippen molar-refractivity contribution >= 4 is 15.9 Å². The topological polar surface area (TPSA) is 12.9 Å². The standard InChI is InChI=1S/C23H16BrN/c24-21-13-11-19(12-14-21)23-16-20(17-7-3-1-4-8-17)15-22(25-23)18-9-5-2-6-10-18/h1-16H. The highest BCUT2D eigenvalue weighted by atomic mass is 79.9. The first-order valence-corrected chi connectivity index (χ1v) is 8.98. The number of pyridine rings is 1. The van der Waals surface area contributed by atoms with Gasteiger partial charge in [-0.25, -0.2) is 4.98 Å². The molecule has 0 bridgehead atoms. The summed E-state index contributed by atoms with van der Waals surface area (Å²) in [7, 11) is 0. The Morgan fingerprint density at radius 1 is 0.480 bits per heavy atom. The van der Waals surface area contributed by atoms with Crippen LogP contribution in [0.15, 0.2) is 102 Å². The molecule has 120 valence electrons. The van der Waals surface area contributed by atoms with E-state index >= 15 is 0 Å². The molecule has 0 saturated carbocycles. The Morgan fingerprint density at radius 2 is 0.960 bits per heavy atom. The Hall–Kier alpha value is -2.71. The fourth-order valence-corrected chi connectivity index (χ4v) is 3.12. The fraction of sp³-hybridized carbons (Fsp3) is 0. The molecule has 25 heavy (non-hydrogen) atoms. The molecule has 2 heteroatoms. The summed E-state index contributed by atoms with van der Waals surface area (Å²) >= 11 is 3.50. The van der Waals surface area contributed by atoms with Gasteiger partial charge in [-0.15, -0.1) is 0 Å². The summed E-state index contributed by atoms with van der Waals surface area (Å²) in [6.45, 7) is 0. The highest BCUT2D eigenvalue weighted by Crippen LogP contribution is 2.30. The van der Waals surface area contributed by atoms with Gasteiger partial charge in [-0.2, -0.15) is 0 Å². The number of aromatic nitrogens is 1. The van der Waals surface area contributed by atoms with Crippen LogP contribution >= 0.6 is 15.9 Å². The van der Waals surface area contributed by atoms with Crippen molar-refractivity contribution in [3.8, 4) is 33.6 Å². The maximum absolute atomic E-state index is 4.91. The van der Waals surface area contributed by atoms with Gasteiger partial charge in [0.05, 0.1) is 11.4 Å². The third-order valence-electron chi connectivity index (χ3n) is 4.14. The molecule has 0 unspecified atom stereocenters. The molecule has 3 aromatic carbocycles. The number of benzene rings is 3. The minimum atomic E-state index is 0.979. The summed E-state index contributed by atoms with van der Waals surface area (Å²) in [6.07, 6.45) is 0. The van der Waals surface area contributed by atoms with Crippen molar-refractivity contribution in [2.45, 2.75) is 0 Å². The summed E-state index contributed by atoms with van der Waals surface area (Å²) < 4.78 is 1.07. The molecule has 4 rings (SSSR count). The van der Waals surface area contributed by atoms with Gasteiger partial charge in [0.2, 0.25) is 0 Å². The monoisotopic (exact) mass is 385 g/mol. The van der Waals surface area contributed by atoms with Gasteiger partial charge in [0.15, 0.2) is 0 Å². The molecule has 0 spiro atoms. The first-order valence-electron chi connectivity index (χ1n) is 8.18. The molecule has 0 amide bonds. The predicted octanol–water partition coefficient (Wildman–Crippen LogP) is 6.85. The van der Waals surface area contributed by atoms with Gasteiger partial charge in [-0.3, -0.25) is 0 Å². The van der Waals surface area contributed by atoms with Gasteiger partial charge in [-0.1, -0.05) is 88.7 Å². The zero-order valence-electron chi connectivity index (χ0n) is 13.6. The van der Waals surface area contributed by atoms with Crippen molar-refractivity contribution in [2.75, 3.05) is 0 Å². The van der Waals surface area contributed by atoms with Gasteiger partial charge < -0.3 is 0 Å². The zero-order chi connectivity index (χ0) is 17.1. The lowest BCUT2D eigenvalue weighted by Gasteiger charge is -2.10. The maximum Gasteiger partial charge on any atom is 0.0715 e. The summed E-state index contributed by atoms with van der Waals surface area (Å²) in [4.78, 5) is 4.91. The molecule has 0 radical (unpaired) electrons. The van der Waals surface area contributed by atoms with Crippen LogP contribution < -0.4 is 0 Å². The third-order valence-corrected chi connectivity index (χ3v) is 4.67. The van der Waals surface area contributed by atoms with Crippen LogP contribution in [0.1, 0.15) is 0 Å². The van der Waals surface area contributed by atoms with Gasteiger partial charge in [0.25, 0.3) is 0 Å². The molecule has 1 nitrogen and oxygen atoms in total. The van der Waals surface area contributed by atoms with Gasteiger partial charge in [-0.05, 0) is 35.4 Å². The molecule has 0 fully saturated rings. The van der Waals surface area contributed by atoms with E-state index in [0.29, 0.717) is 0 Å². The predicted molar refractivity (Wildman–Crippen MR) is 108 cm³/mol. The molecule has 1 aromatic heterocycles. The first-order chi connectivity index (χ1) is 12.3. The number of rotatable bonds is 3. The van der Waals surface area contributed by atoms with Crippen molar-refractivity contribution in [1.29, 1.82) is 0 Å². The maximum atomic E-state index is 4.91.